The number of carbonyl (C=O) groups is 1. The van der Waals surface area contributed by atoms with E-state index >= 15 is 0 Å². The van der Waals surface area contributed by atoms with Crippen molar-refractivity contribution in [3.8, 4) is 0 Å². The molecule has 140 valence electrons. The van der Waals surface area contributed by atoms with Crippen LogP contribution < -0.4 is 0 Å². The zero-order valence-electron chi connectivity index (χ0n) is 13.7. The fourth-order valence-electron chi connectivity index (χ4n) is 3.16. The molecular weight excluding hydrogens is 371 g/mol. The molecule has 0 amide bonds. The van der Waals surface area contributed by atoms with Gasteiger partial charge >= 0.3 is 12.1 Å². The minimum Gasteiger partial charge on any atom is -0.476 e. The van der Waals surface area contributed by atoms with E-state index in [9.17, 15) is 18.0 Å². The highest BCUT2D eigenvalue weighted by molar-refractivity contribution is 6.31. The Labute approximate surface area is 153 Å². The number of carboxylic acid groups (broad SMARTS) is 1. The predicted octanol–water partition coefficient (Wildman–Crippen LogP) is 4.09. The Kier molecular flexibility index (Phi) is 5.24. The quantitative estimate of drug-likeness (QED) is 0.858. The lowest BCUT2D eigenvalue weighted by Gasteiger charge is -2.33. The van der Waals surface area contributed by atoms with Gasteiger partial charge in [-0.15, -0.1) is 0 Å². The van der Waals surface area contributed by atoms with Crippen molar-refractivity contribution in [2.75, 3.05) is 13.1 Å². The highest BCUT2D eigenvalue weighted by Gasteiger charge is 2.31. The van der Waals surface area contributed by atoms with Crippen molar-refractivity contribution >= 4 is 17.6 Å². The summed E-state index contributed by atoms with van der Waals surface area (Å²) < 4.78 is 40.4. The van der Waals surface area contributed by atoms with Gasteiger partial charge in [0, 0.05) is 24.3 Å². The monoisotopic (exact) mass is 387 g/mol. The summed E-state index contributed by atoms with van der Waals surface area (Å²) in [5, 5.41) is 13.3. The number of likely N-dealkylation sites (tertiary alicyclic amines) is 1. The van der Waals surface area contributed by atoms with E-state index in [1.807, 2.05) is 4.90 Å². The van der Waals surface area contributed by atoms with E-state index in [4.69, 9.17) is 16.7 Å². The number of rotatable bonds is 4. The van der Waals surface area contributed by atoms with E-state index in [1.54, 1.807) is 10.9 Å². The van der Waals surface area contributed by atoms with Crippen molar-refractivity contribution in [2.24, 2.45) is 0 Å². The molecule has 1 fully saturated rings. The Bertz CT molecular complexity index is 807. The number of benzene rings is 1. The predicted molar refractivity (Wildman–Crippen MR) is 89.2 cm³/mol. The molecule has 1 atom stereocenters. The first-order valence-electron chi connectivity index (χ1n) is 8.10. The van der Waals surface area contributed by atoms with Crippen molar-refractivity contribution in [3.05, 3.63) is 52.3 Å². The SMILES string of the molecule is O=C(O)c1ccn(C2CCCN(Cc3cc(C(F)(F)F)ccc3Cl)C2)n1. The molecule has 0 radical (unpaired) electrons. The summed E-state index contributed by atoms with van der Waals surface area (Å²) >= 11 is 6.08. The number of hydrogen-bond acceptors (Lipinski definition) is 3. The summed E-state index contributed by atoms with van der Waals surface area (Å²) in [4.78, 5) is 13.0. The normalized spacial score (nSPS) is 18.8. The van der Waals surface area contributed by atoms with Gasteiger partial charge in [0.25, 0.3) is 0 Å². The van der Waals surface area contributed by atoms with Crippen molar-refractivity contribution in [2.45, 2.75) is 31.6 Å². The number of nitrogens with zero attached hydrogens (tertiary/aromatic N) is 3. The molecule has 1 unspecified atom stereocenters. The van der Waals surface area contributed by atoms with Crippen LogP contribution in [0.1, 0.15) is 40.5 Å². The maximum atomic E-state index is 12.9. The fraction of sp³-hybridized carbons (Fsp3) is 0.412. The van der Waals surface area contributed by atoms with Crippen LogP contribution in [0.2, 0.25) is 5.02 Å². The third-order valence-electron chi connectivity index (χ3n) is 4.45. The topological polar surface area (TPSA) is 58.4 Å². The van der Waals surface area contributed by atoms with Crippen LogP contribution in [0.15, 0.2) is 30.5 Å². The Balaban J connectivity index is 1.73. The van der Waals surface area contributed by atoms with E-state index in [2.05, 4.69) is 5.10 Å². The van der Waals surface area contributed by atoms with Gasteiger partial charge in [-0.1, -0.05) is 11.6 Å². The van der Waals surface area contributed by atoms with Crippen LogP contribution in [0.3, 0.4) is 0 Å². The van der Waals surface area contributed by atoms with Crippen molar-refractivity contribution in [1.29, 1.82) is 0 Å². The molecular formula is C17H17ClF3N3O2. The first kappa shape index (κ1) is 18.7. The largest absolute Gasteiger partial charge is 0.476 e. The summed E-state index contributed by atoms with van der Waals surface area (Å²) in [7, 11) is 0. The first-order valence-corrected chi connectivity index (χ1v) is 8.48. The zero-order valence-corrected chi connectivity index (χ0v) is 14.5. The maximum Gasteiger partial charge on any atom is 0.416 e. The summed E-state index contributed by atoms with van der Waals surface area (Å²) in [5.41, 5.74) is -0.319. The van der Waals surface area contributed by atoms with Crippen LogP contribution in [-0.2, 0) is 12.7 Å². The van der Waals surface area contributed by atoms with Crippen LogP contribution >= 0.6 is 11.6 Å². The molecule has 0 aliphatic carbocycles. The number of halogens is 4. The van der Waals surface area contributed by atoms with Gasteiger partial charge in [0.1, 0.15) is 0 Å². The van der Waals surface area contributed by atoms with Gasteiger partial charge in [0.15, 0.2) is 5.69 Å². The van der Waals surface area contributed by atoms with E-state index in [0.29, 0.717) is 23.7 Å². The van der Waals surface area contributed by atoms with Crippen LogP contribution in [-0.4, -0.2) is 38.8 Å². The molecule has 2 heterocycles. The van der Waals surface area contributed by atoms with E-state index < -0.39 is 17.7 Å². The van der Waals surface area contributed by atoms with Gasteiger partial charge < -0.3 is 5.11 Å². The van der Waals surface area contributed by atoms with E-state index in [-0.39, 0.29) is 11.7 Å². The number of aromatic carboxylic acids is 1. The summed E-state index contributed by atoms with van der Waals surface area (Å²) in [6.45, 7) is 1.59. The lowest BCUT2D eigenvalue weighted by atomic mass is 10.0. The lowest BCUT2D eigenvalue weighted by molar-refractivity contribution is -0.137. The molecule has 1 aliphatic rings. The molecule has 1 aromatic heterocycles. The molecule has 26 heavy (non-hydrogen) atoms. The second-order valence-electron chi connectivity index (χ2n) is 6.32. The number of aromatic nitrogens is 2. The zero-order chi connectivity index (χ0) is 18.9. The highest BCUT2D eigenvalue weighted by Crippen LogP contribution is 2.33. The Morgan fingerprint density at radius 1 is 1.35 bits per heavy atom. The van der Waals surface area contributed by atoms with E-state index in [0.717, 1.165) is 31.5 Å². The van der Waals surface area contributed by atoms with Gasteiger partial charge in [-0.2, -0.15) is 18.3 Å². The standard InChI is InChI=1S/C17H17ClF3N3O2/c18-14-4-3-12(17(19,20)21)8-11(14)9-23-6-1-2-13(10-23)24-7-5-15(22-24)16(25)26/h3-5,7-8,13H,1-2,6,9-10H2,(H,25,26). The molecule has 2 aromatic rings. The average Bonchev–Trinajstić information content (AvgIpc) is 3.06. The average molecular weight is 388 g/mol. The van der Waals surface area contributed by atoms with Crippen LogP contribution in [0, 0.1) is 0 Å². The molecule has 9 heteroatoms. The third kappa shape index (κ3) is 4.19. The number of hydrogen-bond donors (Lipinski definition) is 1. The molecule has 0 spiro atoms. The second-order valence-corrected chi connectivity index (χ2v) is 6.73. The minimum atomic E-state index is -4.41. The number of carboxylic acids is 1. The van der Waals surface area contributed by atoms with Gasteiger partial charge in [-0.3, -0.25) is 9.58 Å². The molecule has 1 aliphatic heterocycles. The van der Waals surface area contributed by atoms with Crippen molar-refractivity contribution in [3.63, 3.8) is 0 Å². The number of alkyl halides is 3. The molecule has 3 rings (SSSR count). The Hall–Kier alpha value is -2.06. The summed E-state index contributed by atoms with van der Waals surface area (Å²) in [6, 6.07) is 4.74. The molecule has 1 N–H and O–H groups in total. The fourth-order valence-corrected chi connectivity index (χ4v) is 3.34. The molecule has 1 saturated heterocycles. The van der Waals surface area contributed by atoms with Crippen LogP contribution in [0.5, 0.6) is 0 Å². The van der Waals surface area contributed by atoms with Crippen molar-refractivity contribution in [1.82, 2.24) is 14.7 Å². The smallest absolute Gasteiger partial charge is 0.416 e. The van der Waals surface area contributed by atoms with Gasteiger partial charge in [-0.25, -0.2) is 4.79 Å². The van der Waals surface area contributed by atoms with Gasteiger partial charge in [0.2, 0.25) is 0 Å². The Morgan fingerprint density at radius 2 is 2.12 bits per heavy atom. The van der Waals surface area contributed by atoms with Gasteiger partial charge in [-0.05, 0) is 49.2 Å². The third-order valence-corrected chi connectivity index (χ3v) is 4.82. The minimum absolute atomic E-state index is 0.0250. The van der Waals surface area contributed by atoms with Crippen LogP contribution in [0.4, 0.5) is 13.2 Å². The van der Waals surface area contributed by atoms with Crippen molar-refractivity contribution < 1.29 is 23.1 Å². The summed E-state index contributed by atoms with van der Waals surface area (Å²) in [5.74, 6) is -1.09. The maximum absolute atomic E-state index is 12.9. The molecule has 5 nitrogen and oxygen atoms in total. The second kappa shape index (κ2) is 7.28. The number of piperidine rings is 1. The summed E-state index contributed by atoms with van der Waals surface area (Å²) in [6.07, 6.45) is -1.13. The first-order chi connectivity index (χ1) is 12.2. The molecule has 1 aromatic carbocycles. The Morgan fingerprint density at radius 3 is 2.77 bits per heavy atom. The van der Waals surface area contributed by atoms with Crippen LogP contribution in [0.25, 0.3) is 0 Å². The highest BCUT2D eigenvalue weighted by atomic mass is 35.5. The lowest BCUT2D eigenvalue weighted by Crippen LogP contribution is -2.36. The van der Waals surface area contributed by atoms with Gasteiger partial charge in [0.05, 0.1) is 11.6 Å². The molecule has 0 saturated carbocycles. The van der Waals surface area contributed by atoms with E-state index in [1.165, 1.54) is 12.1 Å². The molecule has 0 bridgehead atoms.